The van der Waals surface area contributed by atoms with Crippen molar-refractivity contribution in [3.05, 3.63) is 0 Å². The molecule has 0 bridgehead atoms. The van der Waals surface area contributed by atoms with Gasteiger partial charge in [-0.25, -0.2) is 0 Å². The number of fused-ring (bicyclic) bond motifs is 1. The normalized spacial score (nSPS) is 32.4. The van der Waals surface area contributed by atoms with Crippen LogP contribution in [0.15, 0.2) is 0 Å². The van der Waals surface area contributed by atoms with Crippen LogP contribution in [0.1, 0.15) is 44.9 Å². The topological polar surface area (TPSA) is 44.1 Å². The number of hydrogen-bond donors (Lipinski definition) is 0. The van der Waals surface area contributed by atoms with Crippen molar-refractivity contribution in [1.82, 2.24) is 4.90 Å². The van der Waals surface area contributed by atoms with E-state index in [4.69, 9.17) is 5.26 Å². The van der Waals surface area contributed by atoms with Crippen LogP contribution in [0.4, 0.5) is 0 Å². The molecule has 0 radical (unpaired) electrons. The second kappa shape index (κ2) is 5.53. The van der Waals surface area contributed by atoms with E-state index in [0.29, 0.717) is 0 Å². The summed E-state index contributed by atoms with van der Waals surface area (Å²) in [5.41, 5.74) is 0. The number of carbonyl (C=O) groups is 1. The summed E-state index contributed by atoms with van der Waals surface area (Å²) in [5, 5.41) is 8.63. The predicted octanol–water partition coefficient (Wildman–Crippen LogP) is 2.57. The van der Waals surface area contributed by atoms with Crippen LogP contribution in [0.3, 0.4) is 0 Å². The van der Waals surface area contributed by atoms with Crippen molar-refractivity contribution in [2.75, 3.05) is 13.6 Å². The first-order valence-corrected chi connectivity index (χ1v) is 6.84. The van der Waals surface area contributed by atoms with Gasteiger partial charge in [0.25, 0.3) is 0 Å². The molecule has 2 fully saturated rings. The smallest absolute Gasteiger partial charge is 0.226 e. The monoisotopic (exact) mass is 234 g/mol. The first-order valence-electron chi connectivity index (χ1n) is 6.84. The van der Waals surface area contributed by atoms with Gasteiger partial charge in [-0.2, -0.15) is 5.26 Å². The largest absolute Gasteiger partial charge is 0.332 e. The third-order valence-electron chi connectivity index (χ3n) is 4.57. The summed E-state index contributed by atoms with van der Waals surface area (Å²) >= 11 is 0. The molecule has 0 aromatic carbocycles. The van der Waals surface area contributed by atoms with E-state index in [-0.39, 0.29) is 18.4 Å². The zero-order valence-corrected chi connectivity index (χ0v) is 10.7. The molecule has 0 N–H and O–H groups in total. The number of carbonyl (C=O) groups excluding carboxylic acids is 1. The van der Waals surface area contributed by atoms with Crippen LogP contribution in [0.2, 0.25) is 0 Å². The van der Waals surface area contributed by atoms with E-state index in [0.717, 1.165) is 24.7 Å². The van der Waals surface area contributed by atoms with Gasteiger partial charge in [0.2, 0.25) is 5.91 Å². The van der Waals surface area contributed by atoms with E-state index < -0.39 is 0 Å². The minimum Gasteiger partial charge on any atom is -0.332 e. The fraction of sp³-hybridized carbons (Fsp3) is 0.857. The van der Waals surface area contributed by atoms with Crippen molar-refractivity contribution in [3.8, 4) is 6.07 Å². The first-order chi connectivity index (χ1) is 8.22. The summed E-state index contributed by atoms with van der Waals surface area (Å²) in [7, 11) is 1.75. The zero-order chi connectivity index (χ0) is 12.3. The van der Waals surface area contributed by atoms with E-state index in [1.807, 2.05) is 6.07 Å². The molecule has 94 valence electrons. The van der Waals surface area contributed by atoms with Crippen LogP contribution < -0.4 is 0 Å². The Labute approximate surface area is 104 Å². The van der Waals surface area contributed by atoms with E-state index in [1.165, 1.54) is 32.1 Å². The van der Waals surface area contributed by atoms with E-state index in [2.05, 4.69) is 0 Å². The highest BCUT2D eigenvalue weighted by Gasteiger charge is 2.35. The molecule has 3 heteroatoms. The van der Waals surface area contributed by atoms with Crippen LogP contribution >= 0.6 is 0 Å². The van der Waals surface area contributed by atoms with Gasteiger partial charge in [0.15, 0.2) is 0 Å². The molecule has 2 saturated carbocycles. The lowest BCUT2D eigenvalue weighted by atomic mass is 9.67. The molecule has 1 amide bonds. The minimum atomic E-state index is 0.188. The fourth-order valence-electron chi connectivity index (χ4n) is 3.59. The molecule has 0 saturated heterocycles. The molecule has 3 unspecified atom stereocenters. The van der Waals surface area contributed by atoms with E-state index >= 15 is 0 Å². The van der Waals surface area contributed by atoms with Gasteiger partial charge in [-0.15, -0.1) is 0 Å². The number of amides is 1. The summed E-state index contributed by atoms with van der Waals surface area (Å²) in [5.74, 6) is 2.04. The van der Waals surface area contributed by atoms with Crippen LogP contribution in [0.25, 0.3) is 0 Å². The third kappa shape index (κ3) is 2.80. The molecule has 0 aliphatic heterocycles. The van der Waals surface area contributed by atoms with Gasteiger partial charge in [-0.1, -0.05) is 25.7 Å². The Bertz CT molecular complexity index is 321. The molecular weight excluding hydrogens is 212 g/mol. The van der Waals surface area contributed by atoms with Crippen molar-refractivity contribution in [1.29, 1.82) is 5.26 Å². The van der Waals surface area contributed by atoms with Crippen molar-refractivity contribution >= 4 is 5.91 Å². The molecule has 2 rings (SSSR count). The molecule has 2 aliphatic carbocycles. The number of rotatable bonds is 2. The van der Waals surface area contributed by atoms with Crippen LogP contribution in [-0.2, 0) is 4.79 Å². The first kappa shape index (κ1) is 12.4. The Balaban J connectivity index is 1.91. The highest BCUT2D eigenvalue weighted by molar-refractivity contribution is 5.78. The zero-order valence-electron chi connectivity index (χ0n) is 10.7. The molecule has 3 nitrogen and oxygen atoms in total. The van der Waals surface area contributed by atoms with Crippen molar-refractivity contribution < 1.29 is 4.79 Å². The van der Waals surface area contributed by atoms with Gasteiger partial charge in [0, 0.05) is 13.0 Å². The number of nitrogens with zero attached hydrogens (tertiary/aromatic N) is 2. The lowest BCUT2D eigenvalue weighted by molar-refractivity contribution is -0.136. The quantitative estimate of drug-likeness (QED) is 0.689. The lowest BCUT2D eigenvalue weighted by Crippen LogP contribution is -2.38. The van der Waals surface area contributed by atoms with Crippen LogP contribution in [-0.4, -0.2) is 24.4 Å². The van der Waals surface area contributed by atoms with Crippen molar-refractivity contribution in [2.45, 2.75) is 44.9 Å². The number of nitriles is 1. The van der Waals surface area contributed by atoms with Crippen LogP contribution in [0.5, 0.6) is 0 Å². The Morgan fingerprint density at radius 3 is 2.65 bits per heavy atom. The second-order valence-electron chi connectivity index (χ2n) is 5.67. The number of hydrogen-bond acceptors (Lipinski definition) is 2. The summed E-state index contributed by atoms with van der Waals surface area (Å²) in [6.07, 6.45) is 8.75. The average molecular weight is 234 g/mol. The Morgan fingerprint density at radius 2 is 1.94 bits per heavy atom. The van der Waals surface area contributed by atoms with E-state index in [1.54, 1.807) is 11.9 Å². The van der Waals surface area contributed by atoms with Gasteiger partial charge in [-0.05, 0) is 31.1 Å². The predicted molar refractivity (Wildman–Crippen MR) is 66.0 cm³/mol. The summed E-state index contributed by atoms with van der Waals surface area (Å²) in [6, 6.07) is 2.05. The maximum Gasteiger partial charge on any atom is 0.226 e. The van der Waals surface area contributed by atoms with Gasteiger partial charge in [-0.3, -0.25) is 4.79 Å². The minimum absolute atomic E-state index is 0.188. The second-order valence-corrected chi connectivity index (χ2v) is 5.67. The fourth-order valence-corrected chi connectivity index (χ4v) is 3.59. The van der Waals surface area contributed by atoms with Gasteiger partial charge in [0.05, 0.1) is 6.07 Å². The van der Waals surface area contributed by atoms with Gasteiger partial charge < -0.3 is 4.90 Å². The van der Waals surface area contributed by atoms with Gasteiger partial charge in [0.1, 0.15) is 6.54 Å². The molecule has 0 heterocycles. The summed E-state index contributed by atoms with van der Waals surface area (Å²) in [6.45, 7) is 0.226. The molecule has 0 aromatic rings. The van der Waals surface area contributed by atoms with E-state index in [9.17, 15) is 4.79 Å². The molecule has 2 aliphatic rings. The summed E-state index contributed by atoms with van der Waals surface area (Å²) in [4.78, 5) is 13.7. The Kier molecular flexibility index (Phi) is 4.04. The Morgan fingerprint density at radius 1 is 1.24 bits per heavy atom. The van der Waals surface area contributed by atoms with Crippen LogP contribution in [0, 0.1) is 29.1 Å². The highest BCUT2D eigenvalue weighted by atomic mass is 16.2. The standard InChI is InChI=1S/C14H22N2O/c1-16(9-8-15)14(17)13-7-6-11-4-2-3-5-12(11)10-13/h11-13H,2-7,9-10H2,1H3. The Hall–Kier alpha value is -1.04. The maximum absolute atomic E-state index is 12.1. The third-order valence-corrected chi connectivity index (χ3v) is 4.57. The molecular formula is C14H22N2O. The van der Waals surface area contributed by atoms with Gasteiger partial charge >= 0.3 is 0 Å². The molecule has 17 heavy (non-hydrogen) atoms. The molecule has 0 spiro atoms. The highest BCUT2D eigenvalue weighted by Crippen LogP contribution is 2.42. The van der Waals surface area contributed by atoms with Crippen molar-refractivity contribution in [3.63, 3.8) is 0 Å². The molecule has 0 aromatic heterocycles. The maximum atomic E-state index is 12.1. The SMILES string of the molecule is CN(CC#N)C(=O)C1CCC2CCCCC2C1. The average Bonchev–Trinajstić information content (AvgIpc) is 2.37. The lowest BCUT2D eigenvalue weighted by Gasteiger charge is -2.39. The van der Waals surface area contributed by atoms with Crippen molar-refractivity contribution in [2.24, 2.45) is 17.8 Å². The molecule has 3 atom stereocenters. The summed E-state index contributed by atoms with van der Waals surface area (Å²) < 4.78 is 0.